The molecule has 0 aliphatic rings. The zero-order valence-corrected chi connectivity index (χ0v) is 7.36. The molecule has 0 aliphatic heterocycles. The van der Waals surface area contributed by atoms with Crippen LogP contribution in [0.2, 0.25) is 0 Å². The molecule has 0 fully saturated rings. The van der Waals surface area contributed by atoms with Crippen molar-refractivity contribution >= 4 is 0 Å². The summed E-state index contributed by atoms with van der Waals surface area (Å²) in [4.78, 5) is 0. The third-order valence-electron chi connectivity index (χ3n) is 2.00. The molecule has 0 aromatic carbocycles. The van der Waals surface area contributed by atoms with Gasteiger partial charge in [-0.2, -0.15) is 0 Å². The summed E-state index contributed by atoms with van der Waals surface area (Å²) in [5.74, 6) is 0.777. The Morgan fingerprint density at radius 1 is 1.20 bits per heavy atom. The quantitative estimate of drug-likeness (QED) is 0.556. The van der Waals surface area contributed by atoms with Crippen molar-refractivity contribution in [1.29, 1.82) is 0 Å². The smallest absolute Gasteiger partial charge is 0.0973 e. The van der Waals surface area contributed by atoms with Crippen molar-refractivity contribution in [3.63, 3.8) is 0 Å². The maximum atomic E-state index is 12.3. The molecule has 0 amide bonds. The molecule has 0 N–H and O–H groups in total. The highest BCUT2D eigenvalue weighted by Gasteiger charge is 2.01. The van der Waals surface area contributed by atoms with Crippen LogP contribution in [0.5, 0.6) is 0 Å². The molecule has 0 aliphatic carbocycles. The van der Waals surface area contributed by atoms with Crippen molar-refractivity contribution in [2.45, 2.75) is 52.6 Å². The molecule has 2 atom stereocenters. The topological polar surface area (TPSA) is 0 Å². The molecule has 2 unspecified atom stereocenters. The van der Waals surface area contributed by atoms with Gasteiger partial charge in [-0.3, -0.25) is 0 Å². The SMILES string of the molecule is CCC(C)CCCC(C)F. The summed E-state index contributed by atoms with van der Waals surface area (Å²) in [5.41, 5.74) is 0. The van der Waals surface area contributed by atoms with Gasteiger partial charge in [0.05, 0.1) is 6.17 Å². The standard InChI is InChI=1S/C9H19F/c1-4-8(2)6-5-7-9(3)10/h8-9H,4-7H2,1-3H3. The van der Waals surface area contributed by atoms with Crippen LogP contribution in [0.4, 0.5) is 4.39 Å². The van der Waals surface area contributed by atoms with Crippen LogP contribution in [0.3, 0.4) is 0 Å². The predicted molar refractivity (Wildman–Crippen MR) is 43.9 cm³/mol. The number of hydrogen-bond donors (Lipinski definition) is 0. The fraction of sp³-hybridized carbons (Fsp3) is 1.00. The zero-order valence-electron chi connectivity index (χ0n) is 7.36. The van der Waals surface area contributed by atoms with Crippen LogP contribution in [0.25, 0.3) is 0 Å². The summed E-state index contributed by atoms with van der Waals surface area (Å²) in [7, 11) is 0. The van der Waals surface area contributed by atoms with E-state index in [-0.39, 0.29) is 0 Å². The van der Waals surface area contributed by atoms with Crippen LogP contribution < -0.4 is 0 Å². The fourth-order valence-electron chi connectivity index (χ4n) is 0.952. The van der Waals surface area contributed by atoms with E-state index in [0.29, 0.717) is 0 Å². The molecular weight excluding hydrogens is 127 g/mol. The van der Waals surface area contributed by atoms with Crippen LogP contribution in [0, 0.1) is 5.92 Å². The highest BCUT2D eigenvalue weighted by atomic mass is 19.1. The summed E-state index contributed by atoms with van der Waals surface area (Å²) < 4.78 is 12.3. The van der Waals surface area contributed by atoms with Gasteiger partial charge in [0.1, 0.15) is 0 Å². The van der Waals surface area contributed by atoms with Gasteiger partial charge in [0, 0.05) is 0 Å². The lowest BCUT2D eigenvalue weighted by molar-refractivity contribution is 0.321. The Hall–Kier alpha value is -0.0700. The van der Waals surface area contributed by atoms with Crippen molar-refractivity contribution in [2.24, 2.45) is 5.92 Å². The highest BCUT2D eigenvalue weighted by Crippen LogP contribution is 2.12. The Kier molecular flexibility index (Phi) is 5.66. The Morgan fingerprint density at radius 3 is 2.20 bits per heavy atom. The molecule has 1 heteroatoms. The van der Waals surface area contributed by atoms with E-state index >= 15 is 0 Å². The Labute approximate surface area is 63.8 Å². The Balaban J connectivity index is 3.03. The molecule has 0 bridgehead atoms. The average molecular weight is 146 g/mol. The van der Waals surface area contributed by atoms with Gasteiger partial charge in [0.15, 0.2) is 0 Å². The first-order chi connectivity index (χ1) is 4.66. The van der Waals surface area contributed by atoms with Gasteiger partial charge in [-0.15, -0.1) is 0 Å². The minimum Gasteiger partial charge on any atom is -0.248 e. The predicted octanol–water partition coefficient (Wildman–Crippen LogP) is 3.56. The van der Waals surface area contributed by atoms with Gasteiger partial charge in [-0.25, -0.2) is 4.39 Å². The van der Waals surface area contributed by atoms with E-state index in [2.05, 4.69) is 13.8 Å². The number of rotatable bonds is 5. The highest BCUT2D eigenvalue weighted by molar-refractivity contribution is 4.53. The molecule has 62 valence electrons. The maximum absolute atomic E-state index is 12.3. The van der Waals surface area contributed by atoms with Gasteiger partial charge in [-0.1, -0.05) is 33.1 Å². The Bertz CT molecular complexity index is 69.1. The van der Waals surface area contributed by atoms with Crippen molar-refractivity contribution < 1.29 is 4.39 Å². The summed E-state index contributed by atoms with van der Waals surface area (Å²) in [6.07, 6.45) is 3.59. The molecule has 0 saturated carbocycles. The monoisotopic (exact) mass is 146 g/mol. The van der Waals surface area contributed by atoms with E-state index < -0.39 is 6.17 Å². The lowest BCUT2D eigenvalue weighted by Crippen LogP contribution is -1.96. The largest absolute Gasteiger partial charge is 0.248 e. The van der Waals surface area contributed by atoms with Gasteiger partial charge < -0.3 is 0 Å². The van der Waals surface area contributed by atoms with E-state index in [0.717, 1.165) is 18.8 Å². The fourth-order valence-corrected chi connectivity index (χ4v) is 0.952. The Morgan fingerprint density at radius 2 is 1.80 bits per heavy atom. The summed E-state index contributed by atoms with van der Waals surface area (Å²) in [6, 6.07) is 0. The molecular formula is C9H19F. The van der Waals surface area contributed by atoms with Crippen molar-refractivity contribution in [3.8, 4) is 0 Å². The van der Waals surface area contributed by atoms with Crippen molar-refractivity contribution in [2.75, 3.05) is 0 Å². The molecule has 0 radical (unpaired) electrons. The lowest BCUT2D eigenvalue weighted by atomic mass is 10.0. The summed E-state index contributed by atoms with van der Waals surface area (Å²) in [6.45, 7) is 6.04. The molecule has 0 spiro atoms. The van der Waals surface area contributed by atoms with Crippen molar-refractivity contribution in [3.05, 3.63) is 0 Å². The zero-order chi connectivity index (χ0) is 7.98. The summed E-state index contributed by atoms with van der Waals surface area (Å²) >= 11 is 0. The van der Waals surface area contributed by atoms with Crippen LogP contribution in [0.1, 0.15) is 46.5 Å². The van der Waals surface area contributed by atoms with Crippen LogP contribution in [0.15, 0.2) is 0 Å². The normalized spacial score (nSPS) is 16.8. The molecule has 0 aromatic rings. The van der Waals surface area contributed by atoms with E-state index in [4.69, 9.17) is 0 Å². The third-order valence-corrected chi connectivity index (χ3v) is 2.00. The second kappa shape index (κ2) is 5.70. The molecule has 10 heavy (non-hydrogen) atoms. The summed E-state index contributed by atoms with van der Waals surface area (Å²) in [5, 5.41) is 0. The maximum Gasteiger partial charge on any atom is 0.0973 e. The number of halogens is 1. The van der Waals surface area contributed by atoms with Crippen molar-refractivity contribution in [1.82, 2.24) is 0 Å². The average Bonchev–Trinajstić information content (AvgIpc) is 1.87. The number of alkyl halides is 1. The van der Waals surface area contributed by atoms with E-state index in [9.17, 15) is 4.39 Å². The van der Waals surface area contributed by atoms with Crippen LogP contribution in [-0.2, 0) is 0 Å². The van der Waals surface area contributed by atoms with Gasteiger partial charge in [0.2, 0.25) is 0 Å². The second-order valence-electron chi connectivity index (χ2n) is 3.23. The molecule has 0 aromatic heterocycles. The molecule has 0 saturated heterocycles. The van der Waals surface area contributed by atoms with Gasteiger partial charge in [0.25, 0.3) is 0 Å². The van der Waals surface area contributed by atoms with E-state index in [1.807, 2.05) is 0 Å². The minimum atomic E-state index is -0.607. The lowest BCUT2D eigenvalue weighted by Gasteiger charge is -2.07. The van der Waals surface area contributed by atoms with Crippen LogP contribution in [-0.4, -0.2) is 6.17 Å². The second-order valence-corrected chi connectivity index (χ2v) is 3.23. The van der Waals surface area contributed by atoms with Gasteiger partial charge >= 0.3 is 0 Å². The third kappa shape index (κ3) is 6.06. The molecule has 0 rings (SSSR count). The van der Waals surface area contributed by atoms with E-state index in [1.54, 1.807) is 6.92 Å². The first kappa shape index (κ1) is 9.93. The molecule has 0 nitrogen and oxygen atoms in total. The number of hydrogen-bond acceptors (Lipinski definition) is 0. The van der Waals surface area contributed by atoms with Crippen LogP contribution >= 0.6 is 0 Å². The first-order valence-corrected chi connectivity index (χ1v) is 4.30. The first-order valence-electron chi connectivity index (χ1n) is 4.30. The minimum absolute atomic E-state index is 0.607. The van der Waals surface area contributed by atoms with Gasteiger partial charge in [-0.05, 0) is 19.3 Å². The van der Waals surface area contributed by atoms with E-state index in [1.165, 1.54) is 12.8 Å². The molecule has 0 heterocycles.